The molecule has 2 aromatic carbocycles. The molecule has 0 bridgehead atoms. The number of hydrogen-bond donors (Lipinski definition) is 3. The Morgan fingerprint density at radius 3 is 2.07 bits per heavy atom. The highest BCUT2D eigenvalue weighted by atomic mass is 127. The molecule has 0 aliphatic rings. The van der Waals surface area contributed by atoms with Gasteiger partial charge in [-0.25, -0.2) is 0 Å². The summed E-state index contributed by atoms with van der Waals surface area (Å²) in [5.41, 5.74) is 4.39. The first-order valence-electron chi connectivity index (χ1n) is 9.74. The highest BCUT2D eigenvalue weighted by Crippen LogP contribution is 2.22. The van der Waals surface area contributed by atoms with E-state index in [0.717, 1.165) is 24.5 Å². The van der Waals surface area contributed by atoms with E-state index in [-0.39, 0.29) is 35.3 Å². The Labute approximate surface area is 191 Å². The fourth-order valence-corrected chi connectivity index (χ4v) is 2.92. The number of guanidine groups is 1. The largest absolute Gasteiger partial charge is 0.356 e. The van der Waals surface area contributed by atoms with Gasteiger partial charge in [-0.15, -0.1) is 24.0 Å². The first-order valence-corrected chi connectivity index (χ1v) is 9.74. The number of halogens is 1. The van der Waals surface area contributed by atoms with Crippen molar-refractivity contribution in [3.8, 4) is 0 Å². The lowest BCUT2D eigenvalue weighted by atomic mass is 9.84. The maximum absolute atomic E-state index is 11.6. The molecule has 0 unspecified atom stereocenters. The molecule has 3 N–H and O–H groups in total. The first-order chi connectivity index (χ1) is 13.4. The van der Waals surface area contributed by atoms with Crippen molar-refractivity contribution < 1.29 is 4.79 Å². The zero-order chi connectivity index (χ0) is 20.6. The molecular formula is C23H33IN4O. The van der Waals surface area contributed by atoms with Gasteiger partial charge in [-0.05, 0) is 35.2 Å². The van der Waals surface area contributed by atoms with Crippen molar-refractivity contribution in [2.45, 2.75) is 39.2 Å². The molecule has 1 amide bonds. The molecule has 2 aromatic rings. The van der Waals surface area contributed by atoms with Gasteiger partial charge in [0.2, 0.25) is 0 Å². The minimum absolute atomic E-state index is 0. The molecule has 29 heavy (non-hydrogen) atoms. The summed E-state index contributed by atoms with van der Waals surface area (Å²) in [7, 11) is 3.40. The van der Waals surface area contributed by atoms with E-state index in [1.165, 1.54) is 11.1 Å². The van der Waals surface area contributed by atoms with Crippen molar-refractivity contribution in [3.63, 3.8) is 0 Å². The first kappa shape index (κ1) is 24.9. The van der Waals surface area contributed by atoms with E-state index >= 15 is 0 Å². The normalized spacial score (nSPS) is 11.4. The third-order valence-corrected chi connectivity index (χ3v) is 4.97. The molecule has 6 heteroatoms. The lowest BCUT2D eigenvalue weighted by molar-refractivity contribution is 0.0963. The van der Waals surface area contributed by atoms with E-state index in [4.69, 9.17) is 0 Å². The Hall–Kier alpha value is -2.09. The van der Waals surface area contributed by atoms with Gasteiger partial charge in [0.15, 0.2) is 5.96 Å². The standard InChI is InChI=1S/C23H32N4O.HI/c1-6-17-9-13-20(14-10-17)23(2,3)16-27-22(25-5)26-15-18-7-11-19(12-8-18)21(28)24-4;/h7-14H,6,15-16H2,1-5H3,(H,24,28)(H2,25,26,27);1H. The molecule has 0 saturated carbocycles. The molecule has 0 fully saturated rings. The molecule has 0 spiro atoms. The Kier molecular flexibility index (Phi) is 10.2. The van der Waals surface area contributed by atoms with Crippen molar-refractivity contribution in [3.05, 3.63) is 70.8 Å². The second-order valence-corrected chi connectivity index (χ2v) is 7.49. The van der Waals surface area contributed by atoms with Crippen LogP contribution >= 0.6 is 24.0 Å². The number of aryl methyl sites for hydroxylation is 1. The SMILES string of the molecule is CCc1ccc(C(C)(C)CNC(=NC)NCc2ccc(C(=O)NC)cc2)cc1.I. The molecule has 2 rings (SSSR count). The minimum atomic E-state index is -0.0776. The van der Waals surface area contributed by atoms with Gasteiger partial charge in [0, 0.05) is 38.2 Å². The summed E-state index contributed by atoms with van der Waals surface area (Å²) in [5, 5.41) is 9.38. The topological polar surface area (TPSA) is 65.5 Å². The zero-order valence-corrected chi connectivity index (χ0v) is 20.3. The van der Waals surface area contributed by atoms with Crippen LogP contribution < -0.4 is 16.0 Å². The number of amides is 1. The van der Waals surface area contributed by atoms with E-state index in [1.807, 2.05) is 24.3 Å². The van der Waals surface area contributed by atoms with Crippen LogP contribution in [0.3, 0.4) is 0 Å². The van der Waals surface area contributed by atoms with E-state index in [0.29, 0.717) is 12.1 Å². The third kappa shape index (κ3) is 7.34. The summed E-state index contributed by atoms with van der Waals surface area (Å²) in [6, 6.07) is 16.4. The maximum Gasteiger partial charge on any atom is 0.251 e. The van der Waals surface area contributed by atoms with Crippen LogP contribution in [-0.4, -0.2) is 32.5 Å². The number of hydrogen-bond acceptors (Lipinski definition) is 2. The molecule has 0 aliphatic carbocycles. The van der Waals surface area contributed by atoms with E-state index in [9.17, 15) is 4.79 Å². The fourth-order valence-electron chi connectivity index (χ4n) is 2.92. The fraction of sp³-hybridized carbons (Fsp3) is 0.391. The van der Waals surface area contributed by atoms with Crippen LogP contribution in [0.25, 0.3) is 0 Å². The van der Waals surface area contributed by atoms with Crippen LogP contribution in [0.5, 0.6) is 0 Å². The number of nitrogens with one attached hydrogen (secondary N) is 3. The molecule has 5 nitrogen and oxygen atoms in total. The monoisotopic (exact) mass is 508 g/mol. The van der Waals surface area contributed by atoms with Crippen molar-refractivity contribution in [1.82, 2.24) is 16.0 Å². The van der Waals surface area contributed by atoms with Crippen molar-refractivity contribution >= 4 is 35.8 Å². The quantitative estimate of drug-likeness (QED) is 0.302. The Balaban J connectivity index is 0.00000420. The van der Waals surface area contributed by atoms with Gasteiger partial charge in [-0.3, -0.25) is 9.79 Å². The lowest BCUT2D eigenvalue weighted by Gasteiger charge is -2.27. The Morgan fingerprint density at radius 2 is 1.55 bits per heavy atom. The second-order valence-electron chi connectivity index (χ2n) is 7.49. The van der Waals surface area contributed by atoms with Gasteiger partial charge in [-0.2, -0.15) is 0 Å². The number of benzene rings is 2. The molecule has 0 radical (unpaired) electrons. The molecule has 0 atom stereocenters. The van der Waals surface area contributed by atoms with E-state index < -0.39 is 0 Å². The Morgan fingerprint density at radius 1 is 0.966 bits per heavy atom. The second kappa shape index (κ2) is 11.8. The molecule has 0 saturated heterocycles. The van der Waals surface area contributed by atoms with E-state index in [2.05, 4.69) is 66.0 Å². The van der Waals surface area contributed by atoms with Crippen molar-refractivity contribution in [2.24, 2.45) is 4.99 Å². The summed E-state index contributed by atoms with van der Waals surface area (Å²) in [6.07, 6.45) is 1.06. The van der Waals surface area contributed by atoms with Gasteiger partial charge in [-0.1, -0.05) is 57.2 Å². The van der Waals surface area contributed by atoms with Crippen molar-refractivity contribution in [2.75, 3.05) is 20.6 Å². The molecular weight excluding hydrogens is 475 g/mol. The number of carbonyl (C=O) groups is 1. The smallest absolute Gasteiger partial charge is 0.251 e. The van der Waals surface area contributed by atoms with Crippen LogP contribution in [0.2, 0.25) is 0 Å². The number of nitrogens with zero attached hydrogens (tertiary/aromatic N) is 1. The van der Waals surface area contributed by atoms with Crippen LogP contribution in [-0.2, 0) is 18.4 Å². The molecule has 0 aliphatic heterocycles. The van der Waals surface area contributed by atoms with Crippen LogP contribution in [0.1, 0.15) is 47.8 Å². The van der Waals surface area contributed by atoms with Crippen LogP contribution in [0, 0.1) is 0 Å². The Bertz CT molecular complexity index is 799. The number of carbonyl (C=O) groups excluding carboxylic acids is 1. The maximum atomic E-state index is 11.6. The minimum Gasteiger partial charge on any atom is -0.356 e. The highest BCUT2D eigenvalue weighted by molar-refractivity contribution is 14.0. The predicted octanol–water partition coefficient (Wildman–Crippen LogP) is 3.87. The highest BCUT2D eigenvalue weighted by Gasteiger charge is 2.20. The molecule has 0 aromatic heterocycles. The van der Waals surface area contributed by atoms with Gasteiger partial charge < -0.3 is 16.0 Å². The summed E-state index contributed by atoms with van der Waals surface area (Å²) in [5.74, 6) is 0.680. The molecule has 158 valence electrons. The van der Waals surface area contributed by atoms with Crippen molar-refractivity contribution in [1.29, 1.82) is 0 Å². The van der Waals surface area contributed by atoms with Gasteiger partial charge in [0.05, 0.1) is 0 Å². The van der Waals surface area contributed by atoms with E-state index in [1.54, 1.807) is 14.1 Å². The number of rotatable bonds is 7. The van der Waals surface area contributed by atoms with Crippen LogP contribution in [0.15, 0.2) is 53.5 Å². The molecule has 0 heterocycles. The van der Waals surface area contributed by atoms with Gasteiger partial charge in [0.25, 0.3) is 5.91 Å². The summed E-state index contributed by atoms with van der Waals surface area (Å²) in [6.45, 7) is 8.04. The predicted molar refractivity (Wildman–Crippen MR) is 132 cm³/mol. The third-order valence-electron chi connectivity index (χ3n) is 4.97. The van der Waals surface area contributed by atoms with Gasteiger partial charge >= 0.3 is 0 Å². The van der Waals surface area contributed by atoms with Gasteiger partial charge in [0.1, 0.15) is 0 Å². The zero-order valence-electron chi connectivity index (χ0n) is 18.0. The summed E-state index contributed by atoms with van der Waals surface area (Å²) in [4.78, 5) is 15.9. The van der Waals surface area contributed by atoms with Crippen LogP contribution in [0.4, 0.5) is 0 Å². The average molecular weight is 508 g/mol. The lowest BCUT2D eigenvalue weighted by Crippen LogP contribution is -2.43. The average Bonchev–Trinajstić information content (AvgIpc) is 2.73. The number of aliphatic imine (C=N–C) groups is 1. The summed E-state index contributed by atoms with van der Waals surface area (Å²) >= 11 is 0. The summed E-state index contributed by atoms with van der Waals surface area (Å²) < 4.78 is 0.